The molecule has 4 rings (SSSR count). The maximum absolute atomic E-state index is 12.6. The van der Waals surface area contributed by atoms with Gasteiger partial charge in [0.2, 0.25) is 0 Å². The van der Waals surface area contributed by atoms with E-state index in [0.717, 1.165) is 37.4 Å². The third-order valence-corrected chi connectivity index (χ3v) is 7.41. The number of amides is 1. The van der Waals surface area contributed by atoms with Gasteiger partial charge in [0, 0.05) is 45.5 Å². The summed E-state index contributed by atoms with van der Waals surface area (Å²) in [6, 6.07) is 7.70. The molecule has 0 spiro atoms. The van der Waals surface area contributed by atoms with Crippen LogP contribution in [0.5, 0.6) is 0 Å². The average molecular weight is 450 g/mol. The van der Waals surface area contributed by atoms with Crippen molar-refractivity contribution < 1.29 is 9.53 Å². The number of aromatic nitrogens is 2. The molecule has 1 aromatic heterocycles. The first-order valence-corrected chi connectivity index (χ1v) is 12.1. The Morgan fingerprint density at radius 2 is 1.79 bits per heavy atom. The minimum Gasteiger partial charge on any atom is -0.449 e. The van der Waals surface area contributed by atoms with E-state index in [1.54, 1.807) is 0 Å². The normalized spacial score (nSPS) is 23.8. The van der Waals surface area contributed by atoms with Crippen LogP contribution in [0.25, 0.3) is 4.85 Å². The molecule has 0 radical (unpaired) electrons. The number of rotatable bonds is 6. The van der Waals surface area contributed by atoms with Gasteiger partial charge in [-0.1, -0.05) is 57.4 Å². The van der Waals surface area contributed by atoms with Gasteiger partial charge in [0.25, 0.3) is 0 Å². The molecular formula is C26H35N5O2. The van der Waals surface area contributed by atoms with Crippen molar-refractivity contribution in [3.63, 3.8) is 0 Å². The Balaban J connectivity index is 1.24. The van der Waals surface area contributed by atoms with Crippen LogP contribution >= 0.6 is 0 Å². The predicted octanol–water partition coefficient (Wildman–Crippen LogP) is 4.81. The molecule has 2 atom stereocenters. The fraction of sp³-hybridized carbons (Fsp3) is 0.577. The lowest BCUT2D eigenvalue weighted by atomic mass is 9.74. The van der Waals surface area contributed by atoms with Gasteiger partial charge in [-0.3, -0.25) is 4.90 Å². The molecule has 33 heavy (non-hydrogen) atoms. The zero-order valence-electron chi connectivity index (χ0n) is 19.8. The molecule has 1 amide bonds. The molecule has 2 heterocycles. The lowest BCUT2D eigenvalue weighted by molar-refractivity contribution is 0.0370. The minimum absolute atomic E-state index is 0.160. The van der Waals surface area contributed by atoms with E-state index < -0.39 is 0 Å². The number of imidazole rings is 1. The number of ether oxygens (including phenoxy) is 1. The SMILES string of the molecule is [C-]#[N+]c1ccc(Cn2cncc2CN2CCN(C(=O)OCC3C(C)CCCC3C)CC2)cc1. The highest BCUT2D eigenvalue weighted by Gasteiger charge is 2.30. The predicted molar refractivity (Wildman–Crippen MR) is 128 cm³/mol. The van der Waals surface area contributed by atoms with Crippen molar-refractivity contribution >= 4 is 11.8 Å². The molecule has 1 saturated carbocycles. The number of hydrogen-bond acceptors (Lipinski definition) is 4. The van der Waals surface area contributed by atoms with Crippen molar-refractivity contribution in [1.29, 1.82) is 0 Å². The van der Waals surface area contributed by atoms with Crippen molar-refractivity contribution in [2.75, 3.05) is 32.8 Å². The Labute approximate surface area is 197 Å². The van der Waals surface area contributed by atoms with Gasteiger partial charge in [-0.25, -0.2) is 14.6 Å². The first kappa shape index (κ1) is 23.3. The Kier molecular flexibility index (Phi) is 7.66. The second kappa shape index (κ2) is 10.8. The minimum atomic E-state index is -0.160. The van der Waals surface area contributed by atoms with Gasteiger partial charge in [0.1, 0.15) is 0 Å². The first-order chi connectivity index (χ1) is 16.0. The summed E-state index contributed by atoms with van der Waals surface area (Å²) >= 11 is 0. The molecule has 2 unspecified atom stereocenters. The summed E-state index contributed by atoms with van der Waals surface area (Å²) < 4.78 is 7.89. The average Bonchev–Trinajstić information content (AvgIpc) is 3.26. The molecule has 0 N–H and O–H groups in total. The van der Waals surface area contributed by atoms with E-state index in [4.69, 9.17) is 11.3 Å². The van der Waals surface area contributed by atoms with Gasteiger partial charge in [-0.05, 0) is 23.3 Å². The van der Waals surface area contributed by atoms with Crippen LogP contribution in [0.2, 0.25) is 0 Å². The van der Waals surface area contributed by atoms with E-state index in [1.807, 2.05) is 41.7 Å². The standard InChI is InChI=1S/C26H35N5O2/c1-20-5-4-6-21(2)25(20)18-33-26(32)30-13-11-29(12-14-30)17-24-15-28-19-31(24)16-22-7-9-23(27-3)10-8-22/h7-10,15,19-21,25H,4-6,11-14,16-18H2,1-2H3. The van der Waals surface area contributed by atoms with Crippen LogP contribution in [-0.4, -0.2) is 58.2 Å². The Hall–Kier alpha value is -2.85. The van der Waals surface area contributed by atoms with Crippen LogP contribution in [-0.2, 0) is 17.8 Å². The first-order valence-electron chi connectivity index (χ1n) is 12.1. The van der Waals surface area contributed by atoms with Crippen molar-refractivity contribution in [3.05, 3.63) is 59.5 Å². The second-order valence-corrected chi connectivity index (χ2v) is 9.68. The fourth-order valence-electron chi connectivity index (χ4n) is 5.15. The molecule has 1 aliphatic carbocycles. The Morgan fingerprint density at radius 1 is 1.09 bits per heavy atom. The number of benzene rings is 1. The lowest BCUT2D eigenvalue weighted by Crippen LogP contribution is -2.49. The van der Waals surface area contributed by atoms with E-state index in [1.165, 1.54) is 19.3 Å². The molecule has 2 aliphatic rings. The summed E-state index contributed by atoms with van der Waals surface area (Å²) in [7, 11) is 0. The summed E-state index contributed by atoms with van der Waals surface area (Å²) in [4.78, 5) is 24.6. The molecular weight excluding hydrogens is 414 g/mol. The summed E-state index contributed by atoms with van der Waals surface area (Å²) in [5.74, 6) is 1.75. The Bertz CT molecular complexity index is 946. The van der Waals surface area contributed by atoms with Crippen molar-refractivity contribution in [2.24, 2.45) is 17.8 Å². The quantitative estimate of drug-likeness (QED) is 0.594. The summed E-state index contributed by atoms with van der Waals surface area (Å²) in [5, 5.41) is 0. The number of piperazine rings is 1. The zero-order chi connectivity index (χ0) is 23.2. The molecule has 1 saturated heterocycles. The monoisotopic (exact) mass is 449 g/mol. The second-order valence-electron chi connectivity index (χ2n) is 9.68. The highest BCUT2D eigenvalue weighted by Crippen LogP contribution is 2.34. The van der Waals surface area contributed by atoms with E-state index in [2.05, 4.69) is 33.1 Å². The number of carbonyl (C=O) groups is 1. The van der Waals surface area contributed by atoms with Crippen molar-refractivity contribution in [2.45, 2.75) is 46.2 Å². The fourth-order valence-corrected chi connectivity index (χ4v) is 5.15. The van der Waals surface area contributed by atoms with E-state index in [-0.39, 0.29) is 6.09 Å². The maximum Gasteiger partial charge on any atom is 0.409 e. The summed E-state index contributed by atoms with van der Waals surface area (Å²) in [6.45, 7) is 16.8. The van der Waals surface area contributed by atoms with Crippen LogP contribution in [0, 0.1) is 24.3 Å². The highest BCUT2D eigenvalue weighted by molar-refractivity contribution is 5.67. The zero-order valence-corrected chi connectivity index (χ0v) is 19.8. The van der Waals surface area contributed by atoms with Crippen LogP contribution in [0.3, 0.4) is 0 Å². The number of hydrogen-bond donors (Lipinski definition) is 0. The molecule has 7 heteroatoms. The van der Waals surface area contributed by atoms with Crippen LogP contribution in [0.4, 0.5) is 10.5 Å². The van der Waals surface area contributed by atoms with Crippen LogP contribution in [0.15, 0.2) is 36.8 Å². The molecule has 176 valence electrons. The molecule has 0 bridgehead atoms. The molecule has 7 nitrogen and oxygen atoms in total. The summed E-state index contributed by atoms with van der Waals surface area (Å²) in [6.07, 6.45) is 7.40. The number of carbonyl (C=O) groups excluding carboxylic acids is 1. The van der Waals surface area contributed by atoms with Gasteiger partial charge in [-0.15, -0.1) is 0 Å². The summed E-state index contributed by atoms with van der Waals surface area (Å²) in [5.41, 5.74) is 2.96. The third-order valence-electron chi connectivity index (χ3n) is 7.41. The van der Waals surface area contributed by atoms with Gasteiger partial charge >= 0.3 is 6.09 Å². The van der Waals surface area contributed by atoms with Crippen molar-refractivity contribution in [3.8, 4) is 0 Å². The van der Waals surface area contributed by atoms with E-state index >= 15 is 0 Å². The van der Waals surface area contributed by atoms with E-state index in [9.17, 15) is 4.79 Å². The molecule has 1 aliphatic heterocycles. The van der Waals surface area contributed by atoms with Crippen LogP contribution in [0.1, 0.15) is 44.4 Å². The van der Waals surface area contributed by atoms with Gasteiger partial charge in [-0.2, -0.15) is 0 Å². The van der Waals surface area contributed by atoms with E-state index in [0.29, 0.717) is 43.1 Å². The Morgan fingerprint density at radius 3 is 2.45 bits per heavy atom. The van der Waals surface area contributed by atoms with Crippen molar-refractivity contribution in [1.82, 2.24) is 19.4 Å². The van der Waals surface area contributed by atoms with Crippen LogP contribution < -0.4 is 0 Å². The largest absolute Gasteiger partial charge is 0.449 e. The van der Waals surface area contributed by atoms with Gasteiger partial charge in [0.05, 0.1) is 25.2 Å². The lowest BCUT2D eigenvalue weighted by Gasteiger charge is -2.36. The molecule has 1 aromatic carbocycles. The maximum atomic E-state index is 12.6. The molecule has 2 fully saturated rings. The highest BCUT2D eigenvalue weighted by atomic mass is 16.6. The smallest absolute Gasteiger partial charge is 0.409 e. The number of nitrogens with zero attached hydrogens (tertiary/aromatic N) is 5. The third kappa shape index (κ3) is 5.94. The molecule has 2 aromatic rings. The van der Waals surface area contributed by atoms with Gasteiger partial charge < -0.3 is 14.2 Å². The van der Waals surface area contributed by atoms with Gasteiger partial charge in [0.15, 0.2) is 5.69 Å². The topological polar surface area (TPSA) is 55.0 Å².